The van der Waals surface area contributed by atoms with Gasteiger partial charge >= 0.3 is 0 Å². The number of hydrogen-bond donors (Lipinski definition) is 1. The van der Waals surface area contributed by atoms with E-state index in [1.807, 2.05) is 5.51 Å². The highest BCUT2D eigenvalue weighted by molar-refractivity contribution is 7.07. The Kier molecular flexibility index (Phi) is 5.99. The molecule has 0 unspecified atom stereocenters. The highest BCUT2D eigenvalue weighted by Gasteiger charge is 2.24. The van der Waals surface area contributed by atoms with E-state index in [0.717, 1.165) is 44.5 Å². The normalized spacial score (nSPS) is 16.2. The predicted molar refractivity (Wildman–Crippen MR) is 98.0 cm³/mol. The molecule has 1 N–H and O–H groups in total. The highest BCUT2D eigenvalue weighted by atomic mass is 32.1. The number of nitrogens with one attached hydrogen (secondary N) is 1. The summed E-state index contributed by atoms with van der Waals surface area (Å²) in [6.07, 6.45) is 2.92. The van der Waals surface area contributed by atoms with Crippen molar-refractivity contribution in [3.63, 3.8) is 0 Å². The zero-order valence-electron chi connectivity index (χ0n) is 14.2. The first-order valence-electron chi connectivity index (χ1n) is 8.63. The maximum Gasteiger partial charge on any atom is 0.223 e. The molecule has 0 atom stereocenters. The van der Waals surface area contributed by atoms with Crippen LogP contribution in [0.4, 0.5) is 0 Å². The quantitative estimate of drug-likeness (QED) is 0.877. The Labute approximate surface area is 147 Å². The molecule has 0 bridgehead atoms. The molecule has 4 nitrogen and oxygen atoms in total. The molecule has 128 valence electrons. The van der Waals surface area contributed by atoms with E-state index in [1.165, 1.54) is 11.3 Å². The Balaban J connectivity index is 1.37. The molecule has 1 fully saturated rings. The molecule has 24 heavy (non-hydrogen) atoms. The summed E-state index contributed by atoms with van der Waals surface area (Å²) in [7, 11) is 0. The number of thiazole rings is 1. The first-order chi connectivity index (χ1) is 11.7. The molecule has 0 aliphatic carbocycles. The lowest BCUT2D eigenvalue weighted by molar-refractivity contribution is -0.126. The number of hydrogen-bond acceptors (Lipinski definition) is 4. The van der Waals surface area contributed by atoms with Crippen molar-refractivity contribution in [2.45, 2.75) is 32.7 Å². The molecule has 1 aliphatic rings. The van der Waals surface area contributed by atoms with Crippen molar-refractivity contribution in [2.75, 3.05) is 19.6 Å². The number of carbonyl (C=O) groups is 1. The van der Waals surface area contributed by atoms with Crippen LogP contribution in [-0.4, -0.2) is 35.4 Å². The molecule has 2 aromatic rings. The minimum atomic E-state index is 0.158. The molecule has 1 saturated heterocycles. The summed E-state index contributed by atoms with van der Waals surface area (Å²) in [5.74, 6) is 0.362. The predicted octanol–water partition coefficient (Wildman–Crippen LogP) is 3.02. The van der Waals surface area contributed by atoms with Gasteiger partial charge in [0.05, 0.1) is 11.2 Å². The van der Waals surface area contributed by atoms with E-state index in [-0.39, 0.29) is 11.8 Å². The van der Waals surface area contributed by atoms with Crippen molar-refractivity contribution in [3.8, 4) is 0 Å². The molecule has 2 heterocycles. The molecule has 0 spiro atoms. The van der Waals surface area contributed by atoms with Gasteiger partial charge in [-0.25, -0.2) is 4.98 Å². The largest absolute Gasteiger partial charge is 0.352 e. The van der Waals surface area contributed by atoms with Crippen LogP contribution in [0.1, 0.15) is 29.7 Å². The van der Waals surface area contributed by atoms with E-state index in [2.05, 4.69) is 51.8 Å². The number of carbonyl (C=O) groups excluding carboxylic acids is 1. The van der Waals surface area contributed by atoms with E-state index >= 15 is 0 Å². The van der Waals surface area contributed by atoms with Crippen LogP contribution < -0.4 is 5.32 Å². The third-order valence-electron chi connectivity index (χ3n) is 4.71. The van der Waals surface area contributed by atoms with Crippen molar-refractivity contribution < 1.29 is 4.79 Å². The van der Waals surface area contributed by atoms with Gasteiger partial charge in [0, 0.05) is 30.8 Å². The summed E-state index contributed by atoms with van der Waals surface area (Å²) < 4.78 is 0. The Morgan fingerprint density at radius 1 is 1.29 bits per heavy atom. The van der Waals surface area contributed by atoms with Crippen molar-refractivity contribution in [1.29, 1.82) is 0 Å². The monoisotopic (exact) mass is 343 g/mol. The highest BCUT2D eigenvalue weighted by Crippen LogP contribution is 2.18. The molecular weight excluding hydrogens is 318 g/mol. The number of amides is 1. The molecule has 1 aromatic carbocycles. The van der Waals surface area contributed by atoms with E-state index in [4.69, 9.17) is 0 Å². The van der Waals surface area contributed by atoms with Gasteiger partial charge in [-0.1, -0.05) is 29.8 Å². The second-order valence-corrected chi connectivity index (χ2v) is 7.27. The molecule has 1 aromatic heterocycles. The lowest BCUT2D eigenvalue weighted by atomic mass is 9.95. The minimum Gasteiger partial charge on any atom is -0.352 e. The van der Waals surface area contributed by atoms with Gasteiger partial charge in [0.1, 0.15) is 0 Å². The van der Waals surface area contributed by atoms with Crippen molar-refractivity contribution >= 4 is 17.2 Å². The van der Waals surface area contributed by atoms with E-state index in [9.17, 15) is 4.79 Å². The lowest BCUT2D eigenvalue weighted by Crippen LogP contribution is -2.41. The summed E-state index contributed by atoms with van der Waals surface area (Å²) in [5.41, 5.74) is 5.47. The Hall–Kier alpha value is -1.72. The van der Waals surface area contributed by atoms with E-state index in [0.29, 0.717) is 6.54 Å². The van der Waals surface area contributed by atoms with Crippen LogP contribution in [0.3, 0.4) is 0 Å². The topological polar surface area (TPSA) is 45.2 Å². The van der Waals surface area contributed by atoms with Crippen LogP contribution in [0, 0.1) is 12.8 Å². The molecule has 5 heteroatoms. The summed E-state index contributed by atoms with van der Waals surface area (Å²) >= 11 is 1.65. The molecular formula is C19H25N3OS. The van der Waals surface area contributed by atoms with Crippen molar-refractivity contribution in [3.05, 3.63) is 52.0 Å². The fourth-order valence-corrected chi connectivity index (χ4v) is 3.68. The number of likely N-dealkylation sites (tertiary alicyclic amines) is 1. The SMILES string of the molecule is Cc1ccc(CNC(=O)C2CCN(CCc3cscn3)CC2)cc1. The van der Waals surface area contributed by atoms with Gasteiger partial charge in [-0.3, -0.25) is 4.79 Å². The molecule has 0 radical (unpaired) electrons. The number of rotatable bonds is 6. The van der Waals surface area contributed by atoms with Crippen LogP contribution in [0.2, 0.25) is 0 Å². The van der Waals surface area contributed by atoms with Gasteiger partial charge < -0.3 is 10.2 Å². The van der Waals surface area contributed by atoms with E-state index < -0.39 is 0 Å². The maximum atomic E-state index is 12.4. The Bertz CT molecular complexity index is 631. The standard InChI is InChI=1S/C19H25N3OS/c1-15-2-4-16(5-3-15)12-20-19(23)17-6-9-22(10-7-17)11-8-18-13-24-14-21-18/h2-5,13-14,17H,6-12H2,1H3,(H,20,23). The minimum absolute atomic E-state index is 0.158. The van der Waals surface area contributed by atoms with Gasteiger partial charge in [0.2, 0.25) is 5.91 Å². The summed E-state index contributed by atoms with van der Waals surface area (Å²) in [5, 5.41) is 5.21. The first kappa shape index (κ1) is 17.1. The summed E-state index contributed by atoms with van der Waals surface area (Å²) in [6, 6.07) is 8.33. The van der Waals surface area contributed by atoms with Gasteiger partial charge in [0.25, 0.3) is 0 Å². The summed E-state index contributed by atoms with van der Waals surface area (Å²) in [6.45, 7) is 5.76. The maximum absolute atomic E-state index is 12.4. The zero-order valence-corrected chi connectivity index (χ0v) is 15.0. The fourth-order valence-electron chi connectivity index (χ4n) is 3.09. The van der Waals surface area contributed by atoms with Crippen LogP contribution in [0.15, 0.2) is 35.2 Å². The van der Waals surface area contributed by atoms with Crippen LogP contribution >= 0.6 is 11.3 Å². The van der Waals surface area contributed by atoms with Crippen LogP contribution in [-0.2, 0) is 17.8 Å². The summed E-state index contributed by atoms with van der Waals surface area (Å²) in [4.78, 5) is 19.1. The average molecular weight is 343 g/mol. The average Bonchev–Trinajstić information content (AvgIpc) is 3.13. The van der Waals surface area contributed by atoms with E-state index in [1.54, 1.807) is 11.3 Å². The van der Waals surface area contributed by atoms with Crippen LogP contribution in [0.5, 0.6) is 0 Å². The fraction of sp³-hybridized carbons (Fsp3) is 0.474. The molecule has 0 saturated carbocycles. The smallest absolute Gasteiger partial charge is 0.223 e. The first-order valence-corrected chi connectivity index (χ1v) is 9.57. The van der Waals surface area contributed by atoms with Crippen LogP contribution in [0.25, 0.3) is 0 Å². The number of aryl methyl sites for hydroxylation is 1. The number of benzene rings is 1. The molecule has 1 aliphatic heterocycles. The van der Waals surface area contributed by atoms with Crippen molar-refractivity contribution in [1.82, 2.24) is 15.2 Å². The third-order valence-corrected chi connectivity index (χ3v) is 5.35. The van der Waals surface area contributed by atoms with Crippen molar-refractivity contribution in [2.24, 2.45) is 5.92 Å². The van der Waals surface area contributed by atoms with Gasteiger partial charge in [-0.15, -0.1) is 11.3 Å². The second kappa shape index (κ2) is 8.40. The second-order valence-electron chi connectivity index (χ2n) is 6.55. The van der Waals surface area contributed by atoms with Gasteiger partial charge in [-0.2, -0.15) is 0 Å². The molecule has 3 rings (SSSR count). The number of piperidine rings is 1. The number of nitrogens with zero attached hydrogens (tertiary/aromatic N) is 2. The Morgan fingerprint density at radius 3 is 2.71 bits per heavy atom. The third kappa shape index (κ3) is 4.89. The number of aromatic nitrogens is 1. The zero-order chi connectivity index (χ0) is 16.8. The van der Waals surface area contributed by atoms with Gasteiger partial charge in [-0.05, 0) is 38.4 Å². The van der Waals surface area contributed by atoms with Gasteiger partial charge in [0.15, 0.2) is 0 Å². The molecule has 1 amide bonds. The lowest BCUT2D eigenvalue weighted by Gasteiger charge is -2.31. The Morgan fingerprint density at radius 2 is 2.04 bits per heavy atom.